The first-order valence-corrected chi connectivity index (χ1v) is 1.71. The highest BCUT2D eigenvalue weighted by molar-refractivity contribution is 4.42. The Hall–Kier alpha value is -0.0400. The normalized spacial score (nSPS) is 8.40. The third kappa shape index (κ3) is 3.96. The van der Waals surface area contributed by atoms with Crippen LogP contribution in [0.1, 0.15) is 6.42 Å². The highest BCUT2D eigenvalue weighted by Gasteiger charge is 1.65. The van der Waals surface area contributed by atoms with Gasteiger partial charge in [0, 0.05) is 7.05 Å². The van der Waals surface area contributed by atoms with E-state index in [2.05, 4.69) is 19.3 Å². The van der Waals surface area contributed by atoms with Crippen LogP contribution in [0.2, 0.25) is 0 Å². The molecule has 1 N–H and O–H groups in total. The topological polar surface area (TPSA) is 12.0 Å². The largest absolute Gasteiger partial charge is 0.315 e. The molecule has 0 aliphatic heterocycles. The van der Waals surface area contributed by atoms with Gasteiger partial charge in [0.05, 0.1) is 0 Å². The minimum absolute atomic E-state index is 0.917. The summed E-state index contributed by atoms with van der Waals surface area (Å²) in [5.74, 6) is 0. The van der Waals surface area contributed by atoms with Crippen LogP contribution in [0.4, 0.5) is 0 Å². The standard InChI is InChI=1S/C4H9N/c1-3-4-5-2/h5H,1-4H2. The lowest BCUT2D eigenvalue weighted by Gasteiger charge is -1.84. The molecule has 0 aliphatic carbocycles. The van der Waals surface area contributed by atoms with Gasteiger partial charge in [-0.2, -0.15) is 0 Å². The van der Waals surface area contributed by atoms with Crippen molar-refractivity contribution < 1.29 is 0 Å². The summed E-state index contributed by atoms with van der Waals surface area (Å²) in [6, 6.07) is 0. The summed E-state index contributed by atoms with van der Waals surface area (Å²) in [7, 11) is 3.39. The van der Waals surface area contributed by atoms with Crippen LogP contribution in [-0.2, 0) is 0 Å². The zero-order chi connectivity index (χ0) is 4.12. The van der Waals surface area contributed by atoms with Crippen LogP contribution in [0.25, 0.3) is 0 Å². The quantitative estimate of drug-likeness (QED) is 0.502. The third-order valence-electron chi connectivity index (χ3n) is 0.354. The van der Waals surface area contributed by atoms with E-state index in [0.29, 0.717) is 0 Å². The van der Waals surface area contributed by atoms with Crippen molar-refractivity contribution >= 4 is 0 Å². The Morgan fingerprint density at radius 1 is 1.60 bits per heavy atom. The summed E-state index contributed by atoms with van der Waals surface area (Å²) >= 11 is 0. The van der Waals surface area contributed by atoms with E-state index in [9.17, 15) is 0 Å². The van der Waals surface area contributed by atoms with E-state index in [4.69, 9.17) is 0 Å². The molecule has 0 saturated heterocycles. The highest BCUT2D eigenvalue weighted by Crippen LogP contribution is 1.62. The molecule has 0 atom stereocenters. The molecule has 0 spiro atoms. The Balaban J connectivity index is 2.19. The Kier molecular flexibility index (Phi) is 3.93. The van der Waals surface area contributed by atoms with Gasteiger partial charge in [0.1, 0.15) is 0 Å². The summed E-state index contributed by atoms with van der Waals surface area (Å²) in [4.78, 5) is 0. The van der Waals surface area contributed by atoms with Crippen molar-refractivity contribution in [3.63, 3.8) is 0 Å². The van der Waals surface area contributed by atoms with E-state index in [1.165, 1.54) is 0 Å². The molecule has 0 aromatic heterocycles. The molecular weight excluding hydrogens is 62.1 g/mol. The summed E-state index contributed by atoms with van der Waals surface area (Å²) in [5.41, 5.74) is 0. The van der Waals surface area contributed by atoms with E-state index in [0.717, 1.165) is 13.0 Å². The molecular formula is C4H9N. The van der Waals surface area contributed by atoms with Crippen molar-refractivity contribution in [2.75, 3.05) is 6.54 Å². The summed E-state index contributed by atoms with van der Waals surface area (Å²) < 4.78 is 0. The average Bonchev–Trinajstić information content (AvgIpc) is 1.41. The van der Waals surface area contributed by atoms with Crippen LogP contribution in [0, 0.1) is 14.0 Å². The Morgan fingerprint density at radius 2 is 2.20 bits per heavy atom. The summed E-state index contributed by atoms with van der Waals surface area (Å²) in [6.45, 7) is 4.49. The fourth-order valence-corrected chi connectivity index (χ4v) is 0.125. The third-order valence-corrected chi connectivity index (χ3v) is 0.354. The molecule has 2 radical (unpaired) electrons. The van der Waals surface area contributed by atoms with Crippen LogP contribution >= 0.6 is 0 Å². The molecule has 0 bridgehead atoms. The summed E-state index contributed by atoms with van der Waals surface area (Å²) in [6.07, 6.45) is 0.920. The number of rotatable bonds is 2. The second kappa shape index (κ2) is 3.96. The molecule has 0 saturated carbocycles. The Labute approximate surface area is 33.4 Å². The second-order valence-corrected chi connectivity index (χ2v) is 0.854. The molecule has 0 rings (SSSR count). The van der Waals surface area contributed by atoms with Crippen molar-refractivity contribution in [3.8, 4) is 0 Å². The van der Waals surface area contributed by atoms with Gasteiger partial charge in [-0.05, 0) is 13.0 Å². The first-order chi connectivity index (χ1) is 2.41. The van der Waals surface area contributed by atoms with E-state index in [1.807, 2.05) is 0 Å². The molecule has 0 amide bonds. The molecule has 0 heterocycles. The van der Waals surface area contributed by atoms with Gasteiger partial charge in [-0.1, -0.05) is 6.92 Å². The molecule has 0 aromatic carbocycles. The van der Waals surface area contributed by atoms with E-state index < -0.39 is 0 Å². The number of hydrogen-bond acceptors (Lipinski definition) is 1. The molecule has 5 heavy (non-hydrogen) atoms. The van der Waals surface area contributed by atoms with Gasteiger partial charge in [-0.3, -0.25) is 0 Å². The lowest BCUT2D eigenvalue weighted by Crippen LogP contribution is -2.01. The maximum atomic E-state index is 3.57. The molecule has 30 valence electrons. The minimum Gasteiger partial charge on any atom is -0.315 e. The molecule has 1 nitrogen and oxygen atoms in total. The first-order valence-electron chi connectivity index (χ1n) is 1.71. The van der Waals surface area contributed by atoms with Gasteiger partial charge in [0.2, 0.25) is 0 Å². The average molecular weight is 71.1 g/mol. The maximum Gasteiger partial charge on any atom is 0.00767 e. The van der Waals surface area contributed by atoms with Crippen molar-refractivity contribution in [2.24, 2.45) is 0 Å². The van der Waals surface area contributed by atoms with Gasteiger partial charge >= 0.3 is 0 Å². The molecule has 0 fully saturated rings. The molecule has 1 heteroatoms. The highest BCUT2D eigenvalue weighted by atomic mass is 14.8. The fourth-order valence-electron chi connectivity index (χ4n) is 0.125. The Morgan fingerprint density at radius 3 is 2.20 bits per heavy atom. The predicted octanol–water partition coefficient (Wildman–Crippen LogP) is 0.592. The van der Waals surface area contributed by atoms with Crippen LogP contribution < -0.4 is 5.32 Å². The van der Waals surface area contributed by atoms with Crippen molar-refractivity contribution in [2.45, 2.75) is 6.42 Å². The molecule has 0 unspecified atom stereocenters. The van der Waals surface area contributed by atoms with Crippen LogP contribution in [-0.4, -0.2) is 6.54 Å². The van der Waals surface area contributed by atoms with Gasteiger partial charge < -0.3 is 5.32 Å². The smallest absolute Gasteiger partial charge is 0.00767 e. The second-order valence-electron chi connectivity index (χ2n) is 0.854. The minimum atomic E-state index is 0.917. The fraction of sp³-hybridized carbons (Fsp3) is 0.500. The van der Waals surface area contributed by atoms with E-state index in [1.54, 1.807) is 0 Å². The van der Waals surface area contributed by atoms with Gasteiger partial charge in [0.25, 0.3) is 0 Å². The van der Waals surface area contributed by atoms with Crippen molar-refractivity contribution in [3.05, 3.63) is 14.0 Å². The van der Waals surface area contributed by atoms with Gasteiger partial charge in [0.15, 0.2) is 0 Å². The number of hydrogen-bond donors (Lipinski definition) is 1. The van der Waals surface area contributed by atoms with E-state index in [-0.39, 0.29) is 0 Å². The van der Waals surface area contributed by atoms with Crippen molar-refractivity contribution in [1.29, 1.82) is 0 Å². The molecule has 0 aromatic rings. The number of nitrogens with one attached hydrogen (secondary N) is 1. The predicted molar refractivity (Wildman–Crippen MR) is 23.3 cm³/mol. The van der Waals surface area contributed by atoms with Crippen molar-refractivity contribution in [1.82, 2.24) is 5.32 Å². The zero-order valence-corrected chi connectivity index (χ0v) is 3.33. The Bertz CT molecular complexity index is 11.1. The molecule has 0 aliphatic rings. The zero-order valence-electron chi connectivity index (χ0n) is 3.33. The lowest BCUT2D eigenvalue weighted by atomic mass is 10.5. The van der Waals surface area contributed by atoms with Gasteiger partial charge in [-0.25, -0.2) is 0 Å². The maximum absolute atomic E-state index is 3.57. The SMILES string of the molecule is [CH2]CCN[CH2]. The van der Waals surface area contributed by atoms with E-state index >= 15 is 0 Å². The van der Waals surface area contributed by atoms with Crippen LogP contribution in [0.3, 0.4) is 0 Å². The summed E-state index contributed by atoms with van der Waals surface area (Å²) in [5, 5.41) is 2.70. The lowest BCUT2D eigenvalue weighted by molar-refractivity contribution is 0.847. The first kappa shape index (κ1) is 4.96. The van der Waals surface area contributed by atoms with Crippen LogP contribution in [0.5, 0.6) is 0 Å². The monoisotopic (exact) mass is 71.1 g/mol. The van der Waals surface area contributed by atoms with Crippen LogP contribution in [0.15, 0.2) is 0 Å². The van der Waals surface area contributed by atoms with Gasteiger partial charge in [-0.15, -0.1) is 0 Å².